The summed E-state index contributed by atoms with van der Waals surface area (Å²) >= 11 is 0. The lowest BCUT2D eigenvalue weighted by molar-refractivity contribution is -0.156. The van der Waals surface area contributed by atoms with Crippen LogP contribution in [0.3, 0.4) is 0 Å². The van der Waals surface area contributed by atoms with Crippen molar-refractivity contribution in [2.24, 2.45) is 5.41 Å². The number of hydrogen-bond acceptors (Lipinski definition) is 6. The Bertz CT molecular complexity index is 1360. The zero-order chi connectivity index (χ0) is 28.4. The average molecular weight is 551 g/mol. The number of carbonyl (C=O) groups excluding carboxylic acids is 1. The molecule has 4 rings (SSSR count). The molecule has 0 spiro atoms. The average Bonchev–Trinajstić information content (AvgIpc) is 3.16. The van der Waals surface area contributed by atoms with Gasteiger partial charge in [-0.05, 0) is 21.8 Å². The van der Waals surface area contributed by atoms with Gasteiger partial charge in [0.25, 0.3) is 13.9 Å². The first-order valence-corrected chi connectivity index (χ1v) is 15.2. The summed E-state index contributed by atoms with van der Waals surface area (Å²) in [4.78, 5) is 38.9. The van der Waals surface area contributed by atoms with E-state index in [1.165, 1.54) is 23.8 Å². The Morgan fingerprint density at radius 2 is 1.59 bits per heavy atom. The van der Waals surface area contributed by atoms with Gasteiger partial charge in [-0.1, -0.05) is 95.3 Å². The molecular weight excluding hydrogens is 512 g/mol. The predicted molar refractivity (Wildman–Crippen MR) is 153 cm³/mol. The Balaban J connectivity index is 1.80. The molecule has 2 heterocycles. The molecule has 9 heteroatoms. The number of nitrogens with zero attached hydrogens (tertiary/aromatic N) is 1. The number of aromatic nitrogens is 2. The van der Waals surface area contributed by atoms with E-state index in [-0.39, 0.29) is 11.6 Å². The van der Waals surface area contributed by atoms with Crippen LogP contribution in [0.25, 0.3) is 0 Å². The minimum absolute atomic E-state index is 0.226. The number of hydrogen-bond donors (Lipinski definition) is 1. The number of aromatic amines is 1. The summed E-state index contributed by atoms with van der Waals surface area (Å²) in [5.74, 6) is -0.473. The molecule has 4 atom stereocenters. The highest BCUT2D eigenvalue weighted by molar-refractivity contribution is 6.99. The largest absolute Gasteiger partial charge is 0.457 e. The van der Waals surface area contributed by atoms with Crippen molar-refractivity contribution in [1.29, 1.82) is 0 Å². The zero-order valence-electron chi connectivity index (χ0n) is 23.5. The summed E-state index contributed by atoms with van der Waals surface area (Å²) in [6.07, 6.45) is -0.206. The van der Waals surface area contributed by atoms with E-state index in [0.29, 0.717) is 6.42 Å². The van der Waals surface area contributed by atoms with Crippen molar-refractivity contribution < 1.29 is 18.7 Å². The standard InChI is InChI=1S/C30H38N2O6Si/c1-7-30(6)24(38-27(26(30)37-21(2)33)32-19-18-25(34)31-28(32)35)20-36-39(29(3,4)5,22-14-10-8-11-15-22)23-16-12-9-13-17-23/h8-19,24,26-27H,7,20H2,1-6H3,(H,31,34,35)/t24-,26+,27-,30-/m1/s1. The molecule has 3 aromatic rings. The van der Waals surface area contributed by atoms with Crippen LogP contribution >= 0.6 is 0 Å². The molecule has 1 saturated heterocycles. The number of H-pyrrole nitrogens is 1. The lowest BCUT2D eigenvalue weighted by atomic mass is 9.78. The highest BCUT2D eigenvalue weighted by Gasteiger charge is 2.57. The Hall–Kier alpha value is -3.27. The molecule has 1 aromatic heterocycles. The molecule has 0 radical (unpaired) electrons. The lowest BCUT2D eigenvalue weighted by Crippen LogP contribution is -2.67. The molecule has 1 aliphatic rings. The zero-order valence-corrected chi connectivity index (χ0v) is 24.5. The SMILES string of the molecule is CC[C@]1(C)[C@@H](CO[Si](c2ccccc2)(c2ccccc2)C(C)(C)C)O[C@@H](n2ccc(=O)[nH]c2=O)[C@@H]1OC(C)=O. The van der Waals surface area contributed by atoms with E-state index in [1.54, 1.807) is 0 Å². The maximum atomic E-state index is 12.7. The Labute approximate surface area is 230 Å². The molecule has 0 unspecified atom stereocenters. The van der Waals surface area contributed by atoms with Gasteiger partial charge in [-0.15, -0.1) is 0 Å². The second-order valence-corrected chi connectivity index (χ2v) is 15.7. The van der Waals surface area contributed by atoms with Gasteiger partial charge < -0.3 is 13.9 Å². The van der Waals surface area contributed by atoms with Crippen LogP contribution in [0.1, 0.15) is 54.2 Å². The van der Waals surface area contributed by atoms with Crippen molar-refractivity contribution in [3.8, 4) is 0 Å². The van der Waals surface area contributed by atoms with Crippen molar-refractivity contribution in [3.05, 3.63) is 93.8 Å². The maximum absolute atomic E-state index is 12.7. The van der Waals surface area contributed by atoms with Gasteiger partial charge in [-0.3, -0.25) is 19.1 Å². The molecule has 1 N–H and O–H groups in total. The molecule has 0 bridgehead atoms. The van der Waals surface area contributed by atoms with Gasteiger partial charge in [0, 0.05) is 24.6 Å². The molecule has 1 fully saturated rings. The molecule has 39 heavy (non-hydrogen) atoms. The summed E-state index contributed by atoms with van der Waals surface area (Å²) in [7, 11) is -2.87. The van der Waals surface area contributed by atoms with E-state index in [9.17, 15) is 14.4 Å². The van der Waals surface area contributed by atoms with Gasteiger partial charge in [0.15, 0.2) is 12.3 Å². The van der Waals surface area contributed by atoms with Crippen LogP contribution in [-0.4, -0.2) is 42.7 Å². The minimum Gasteiger partial charge on any atom is -0.457 e. The van der Waals surface area contributed by atoms with Gasteiger partial charge in [-0.25, -0.2) is 4.79 Å². The second kappa shape index (κ2) is 11.1. The second-order valence-electron chi connectivity index (χ2n) is 11.4. The van der Waals surface area contributed by atoms with Gasteiger partial charge in [0.2, 0.25) is 0 Å². The third kappa shape index (κ3) is 5.31. The van der Waals surface area contributed by atoms with Crippen LogP contribution in [0, 0.1) is 5.41 Å². The summed E-state index contributed by atoms with van der Waals surface area (Å²) < 4.78 is 20.8. The molecule has 8 nitrogen and oxygen atoms in total. The van der Waals surface area contributed by atoms with Crippen LogP contribution in [0.15, 0.2) is 82.5 Å². The Kier molecular flexibility index (Phi) is 8.16. The van der Waals surface area contributed by atoms with Crippen molar-refractivity contribution in [1.82, 2.24) is 9.55 Å². The fraction of sp³-hybridized carbons (Fsp3) is 0.433. The van der Waals surface area contributed by atoms with Gasteiger partial charge in [-0.2, -0.15) is 0 Å². The maximum Gasteiger partial charge on any atom is 0.330 e. The quantitative estimate of drug-likeness (QED) is 0.341. The van der Waals surface area contributed by atoms with Gasteiger partial charge in [0.1, 0.15) is 0 Å². The third-order valence-electron chi connectivity index (χ3n) is 8.00. The third-order valence-corrected chi connectivity index (χ3v) is 13.0. The smallest absolute Gasteiger partial charge is 0.330 e. The Morgan fingerprint density at radius 1 is 1.03 bits per heavy atom. The van der Waals surface area contributed by atoms with E-state index in [0.717, 1.165) is 10.4 Å². The molecule has 2 aromatic carbocycles. The number of nitrogens with one attached hydrogen (secondary N) is 1. The van der Waals surface area contributed by atoms with Crippen LogP contribution in [0.5, 0.6) is 0 Å². The monoisotopic (exact) mass is 550 g/mol. The first-order chi connectivity index (χ1) is 18.4. The summed E-state index contributed by atoms with van der Waals surface area (Å²) in [6.45, 7) is 12.2. The first-order valence-electron chi connectivity index (χ1n) is 13.3. The molecule has 1 aliphatic heterocycles. The topological polar surface area (TPSA) is 99.6 Å². The number of esters is 1. The van der Waals surface area contributed by atoms with E-state index in [4.69, 9.17) is 13.9 Å². The number of carbonyl (C=O) groups is 1. The molecular formula is C30H38N2O6Si. The van der Waals surface area contributed by atoms with E-state index in [2.05, 4.69) is 50.0 Å². The normalized spacial score (nSPS) is 23.5. The van der Waals surface area contributed by atoms with Gasteiger partial charge >= 0.3 is 11.7 Å². The van der Waals surface area contributed by atoms with E-state index >= 15 is 0 Å². The van der Waals surface area contributed by atoms with Crippen LogP contribution in [-0.2, 0) is 18.7 Å². The fourth-order valence-electron chi connectivity index (χ4n) is 5.74. The van der Waals surface area contributed by atoms with Crippen LogP contribution in [0.4, 0.5) is 0 Å². The highest BCUT2D eigenvalue weighted by atomic mass is 28.4. The number of benzene rings is 2. The minimum atomic E-state index is -2.87. The van der Waals surface area contributed by atoms with Crippen molar-refractivity contribution in [2.45, 2.75) is 71.4 Å². The van der Waals surface area contributed by atoms with Crippen molar-refractivity contribution >= 4 is 24.7 Å². The van der Waals surface area contributed by atoms with E-state index in [1.807, 2.05) is 50.2 Å². The molecule has 0 amide bonds. The van der Waals surface area contributed by atoms with Crippen LogP contribution < -0.4 is 21.6 Å². The highest BCUT2D eigenvalue weighted by Crippen LogP contribution is 2.48. The van der Waals surface area contributed by atoms with Crippen LogP contribution in [0.2, 0.25) is 5.04 Å². The fourth-order valence-corrected chi connectivity index (χ4v) is 10.3. The summed E-state index contributed by atoms with van der Waals surface area (Å²) in [5.41, 5.74) is -1.81. The van der Waals surface area contributed by atoms with Crippen molar-refractivity contribution in [3.63, 3.8) is 0 Å². The Morgan fingerprint density at radius 3 is 2.05 bits per heavy atom. The predicted octanol–water partition coefficient (Wildman–Crippen LogP) is 3.36. The summed E-state index contributed by atoms with van der Waals surface area (Å²) in [6, 6.07) is 21.9. The molecule has 0 saturated carbocycles. The molecule has 0 aliphatic carbocycles. The first kappa shape index (κ1) is 28.7. The number of rotatable bonds is 8. The van der Waals surface area contributed by atoms with E-state index < -0.39 is 49.4 Å². The van der Waals surface area contributed by atoms with Gasteiger partial charge in [0.05, 0.1) is 12.7 Å². The number of ether oxygens (including phenoxy) is 2. The summed E-state index contributed by atoms with van der Waals surface area (Å²) in [5, 5.41) is 2.05. The molecule has 208 valence electrons. The van der Waals surface area contributed by atoms with Crippen molar-refractivity contribution in [2.75, 3.05) is 6.61 Å². The lowest BCUT2D eigenvalue weighted by Gasteiger charge is -2.44.